The maximum absolute atomic E-state index is 13.2. The number of nitrogens with zero attached hydrogens (tertiary/aromatic N) is 2. The molecule has 0 saturated carbocycles. The molecular weight excluding hydrogens is 478 g/mol. The first-order chi connectivity index (χ1) is 16.5. The van der Waals surface area contributed by atoms with Gasteiger partial charge in [0, 0.05) is 11.8 Å². The Labute approximate surface area is 203 Å². The van der Waals surface area contributed by atoms with E-state index >= 15 is 0 Å². The molecule has 6 nitrogen and oxygen atoms in total. The second-order valence-corrected chi connectivity index (χ2v) is 8.09. The molecule has 34 heavy (non-hydrogen) atoms. The van der Waals surface area contributed by atoms with Crippen molar-refractivity contribution in [2.24, 2.45) is 0 Å². The molecule has 0 spiro atoms. The molecule has 0 radical (unpaired) electrons. The molecule has 2 heterocycles. The highest BCUT2D eigenvalue weighted by Crippen LogP contribution is 2.34. The number of amides is 1. The fraction of sp³-hybridized carbons (Fsp3) is 0. The number of carbonyl (C=O) groups is 1. The van der Waals surface area contributed by atoms with Gasteiger partial charge in [0.1, 0.15) is 23.1 Å². The Morgan fingerprint density at radius 2 is 1.74 bits per heavy atom. The van der Waals surface area contributed by atoms with Gasteiger partial charge in [-0.1, -0.05) is 29.3 Å². The molecule has 0 atom stereocenters. The number of H-pyrrole nitrogens is 1. The maximum atomic E-state index is 13.2. The first-order valence-electron chi connectivity index (χ1n) is 10.1. The summed E-state index contributed by atoms with van der Waals surface area (Å²) in [6.07, 6.45) is 1.53. The number of imidazole rings is 1. The molecule has 168 valence electrons. The van der Waals surface area contributed by atoms with Gasteiger partial charge >= 0.3 is 0 Å². The Balaban J connectivity index is 1.41. The number of carbonyl (C=O) groups excluding carboxylic acids is 1. The van der Waals surface area contributed by atoms with Crippen molar-refractivity contribution in [1.82, 2.24) is 15.0 Å². The van der Waals surface area contributed by atoms with E-state index in [0.29, 0.717) is 49.5 Å². The first-order valence-corrected chi connectivity index (χ1v) is 10.9. The summed E-state index contributed by atoms with van der Waals surface area (Å²) in [6.45, 7) is 0. The Kier molecular flexibility index (Phi) is 5.88. The molecule has 2 N–H and O–H groups in total. The lowest BCUT2D eigenvalue weighted by atomic mass is 10.2. The molecule has 0 aliphatic heterocycles. The zero-order valence-corrected chi connectivity index (χ0v) is 18.9. The molecule has 1 amide bonds. The summed E-state index contributed by atoms with van der Waals surface area (Å²) in [5.41, 5.74) is 2.65. The van der Waals surface area contributed by atoms with E-state index in [-0.39, 0.29) is 17.6 Å². The average molecular weight is 493 g/mol. The van der Waals surface area contributed by atoms with Gasteiger partial charge in [0.2, 0.25) is 5.88 Å². The number of hydrogen-bond donors (Lipinski definition) is 2. The van der Waals surface area contributed by atoms with E-state index in [1.54, 1.807) is 48.5 Å². The summed E-state index contributed by atoms with van der Waals surface area (Å²) in [6, 6.07) is 19.1. The second kappa shape index (κ2) is 9.13. The second-order valence-electron chi connectivity index (χ2n) is 7.28. The van der Waals surface area contributed by atoms with Gasteiger partial charge in [-0.05, 0) is 66.7 Å². The zero-order valence-electron chi connectivity index (χ0n) is 17.4. The molecule has 0 bridgehead atoms. The van der Waals surface area contributed by atoms with Crippen molar-refractivity contribution in [2.45, 2.75) is 0 Å². The van der Waals surface area contributed by atoms with Crippen molar-refractivity contribution in [3.8, 4) is 23.0 Å². The van der Waals surface area contributed by atoms with E-state index in [9.17, 15) is 9.18 Å². The van der Waals surface area contributed by atoms with Crippen LogP contribution >= 0.6 is 23.2 Å². The zero-order chi connectivity index (χ0) is 23.7. The molecule has 0 aliphatic rings. The van der Waals surface area contributed by atoms with Crippen molar-refractivity contribution in [1.29, 1.82) is 0 Å². The van der Waals surface area contributed by atoms with Crippen LogP contribution in [0.15, 0.2) is 79.0 Å². The predicted octanol–water partition coefficient (Wildman–Crippen LogP) is 7.12. The van der Waals surface area contributed by atoms with Crippen LogP contribution in [0.2, 0.25) is 10.0 Å². The first kappa shape index (κ1) is 21.9. The number of aromatic amines is 1. The summed E-state index contributed by atoms with van der Waals surface area (Å²) < 4.78 is 18.9. The van der Waals surface area contributed by atoms with Gasteiger partial charge in [-0.25, -0.2) is 14.4 Å². The smallest absolute Gasteiger partial charge is 0.255 e. The summed E-state index contributed by atoms with van der Waals surface area (Å²) in [5.74, 6) is 0.327. The van der Waals surface area contributed by atoms with Gasteiger partial charge in [-0.3, -0.25) is 4.79 Å². The largest absolute Gasteiger partial charge is 0.437 e. The van der Waals surface area contributed by atoms with E-state index in [1.165, 1.54) is 30.5 Å². The molecule has 3 aromatic carbocycles. The predicted molar refractivity (Wildman–Crippen MR) is 130 cm³/mol. The van der Waals surface area contributed by atoms with Crippen LogP contribution in [0.25, 0.3) is 22.4 Å². The highest BCUT2D eigenvalue weighted by atomic mass is 35.5. The van der Waals surface area contributed by atoms with Crippen molar-refractivity contribution in [3.05, 3.63) is 100 Å². The minimum absolute atomic E-state index is 0.181. The van der Waals surface area contributed by atoms with E-state index in [1.807, 2.05) is 0 Å². The van der Waals surface area contributed by atoms with Gasteiger partial charge < -0.3 is 15.0 Å². The lowest BCUT2D eigenvalue weighted by Crippen LogP contribution is -2.12. The number of ether oxygens (including phenoxy) is 1. The molecule has 0 saturated heterocycles. The fourth-order valence-corrected chi connectivity index (χ4v) is 3.95. The van der Waals surface area contributed by atoms with Crippen LogP contribution in [0.5, 0.6) is 11.6 Å². The van der Waals surface area contributed by atoms with Gasteiger partial charge in [0.05, 0.1) is 26.6 Å². The number of rotatable bonds is 5. The number of aromatic nitrogens is 3. The van der Waals surface area contributed by atoms with Crippen LogP contribution in [0.1, 0.15) is 10.4 Å². The number of halogens is 3. The van der Waals surface area contributed by atoms with Crippen LogP contribution in [-0.2, 0) is 0 Å². The molecular formula is C25H15Cl2FN4O2. The number of pyridine rings is 1. The Morgan fingerprint density at radius 3 is 2.50 bits per heavy atom. The van der Waals surface area contributed by atoms with Crippen LogP contribution in [0.3, 0.4) is 0 Å². The maximum Gasteiger partial charge on any atom is 0.255 e. The van der Waals surface area contributed by atoms with Crippen LogP contribution in [-0.4, -0.2) is 20.9 Å². The molecule has 0 unspecified atom stereocenters. The van der Waals surface area contributed by atoms with Crippen LogP contribution < -0.4 is 10.1 Å². The number of hydrogen-bond acceptors (Lipinski definition) is 4. The van der Waals surface area contributed by atoms with E-state index in [2.05, 4.69) is 20.3 Å². The Hall–Kier alpha value is -3.94. The highest BCUT2D eigenvalue weighted by molar-refractivity contribution is 6.39. The molecule has 0 fully saturated rings. The van der Waals surface area contributed by atoms with Crippen molar-refractivity contribution >= 4 is 45.8 Å². The third-order valence-corrected chi connectivity index (χ3v) is 5.62. The average Bonchev–Trinajstić information content (AvgIpc) is 3.24. The third-order valence-electron chi connectivity index (χ3n) is 4.99. The van der Waals surface area contributed by atoms with Crippen LogP contribution in [0, 0.1) is 5.82 Å². The summed E-state index contributed by atoms with van der Waals surface area (Å²) in [7, 11) is 0. The quantitative estimate of drug-likeness (QED) is 0.273. The van der Waals surface area contributed by atoms with Gasteiger partial charge in [0.25, 0.3) is 5.91 Å². The SMILES string of the molecule is O=C(Nc1cccnc1Oc1ccc(F)cc1)c1ccc2nc(-c3c(Cl)cccc3Cl)[nH]c2c1. The van der Waals surface area contributed by atoms with Crippen molar-refractivity contribution < 1.29 is 13.9 Å². The molecule has 5 rings (SSSR count). The third kappa shape index (κ3) is 4.44. The Morgan fingerprint density at radius 1 is 0.971 bits per heavy atom. The number of anilines is 1. The summed E-state index contributed by atoms with van der Waals surface area (Å²) in [4.78, 5) is 24.9. The fourth-order valence-electron chi connectivity index (χ4n) is 3.37. The Bertz CT molecular complexity index is 1500. The lowest BCUT2D eigenvalue weighted by Gasteiger charge is -2.11. The molecule has 5 aromatic rings. The molecule has 9 heteroatoms. The normalized spacial score (nSPS) is 10.9. The monoisotopic (exact) mass is 492 g/mol. The van der Waals surface area contributed by atoms with Gasteiger partial charge in [-0.2, -0.15) is 0 Å². The summed E-state index contributed by atoms with van der Waals surface area (Å²) >= 11 is 12.6. The van der Waals surface area contributed by atoms with E-state index in [4.69, 9.17) is 27.9 Å². The number of benzene rings is 3. The standard InChI is InChI=1S/C25H15Cl2FN4O2/c26-17-3-1-4-18(27)22(17)23-30-19-11-6-14(13-21(19)31-23)24(33)32-20-5-2-12-29-25(20)34-16-9-7-15(28)8-10-16/h1-13H,(H,30,31)(H,32,33). The van der Waals surface area contributed by atoms with E-state index in [0.717, 1.165) is 0 Å². The van der Waals surface area contributed by atoms with Gasteiger partial charge in [0.15, 0.2) is 0 Å². The highest BCUT2D eigenvalue weighted by Gasteiger charge is 2.16. The number of nitrogens with one attached hydrogen (secondary N) is 2. The molecule has 0 aliphatic carbocycles. The van der Waals surface area contributed by atoms with Crippen LogP contribution in [0.4, 0.5) is 10.1 Å². The van der Waals surface area contributed by atoms with Crippen molar-refractivity contribution in [2.75, 3.05) is 5.32 Å². The van der Waals surface area contributed by atoms with E-state index < -0.39 is 0 Å². The number of fused-ring (bicyclic) bond motifs is 1. The minimum Gasteiger partial charge on any atom is -0.437 e. The lowest BCUT2D eigenvalue weighted by molar-refractivity contribution is 0.102. The summed E-state index contributed by atoms with van der Waals surface area (Å²) in [5, 5.41) is 3.74. The van der Waals surface area contributed by atoms with Gasteiger partial charge in [-0.15, -0.1) is 0 Å². The minimum atomic E-state index is -0.379. The van der Waals surface area contributed by atoms with Crippen molar-refractivity contribution in [3.63, 3.8) is 0 Å². The molecule has 2 aromatic heterocycles. The topological polar surface area (TPSA) is 79.9 Å².